The lowest BCUT2D eigenvalue weighted by Crippen LogP contribution is -2.70. The van der Waals surface area contributed by atoms with Crippen LogP contribution in [0.25, 0.3) is 0 Å². The van der Waals surface area contributed by atoms with E-state index in [9.17, 15) is 29.9 Å². The first kappa shape index (κ1) is 22.3. The first-order valence-electron chi connectivity index (χ1n) is 9.06. The fourth-order valence-electron chi connectivity index (χ4n) is 3.76. The Labute approximate surface area is 166 Å². The molecule has 1 aromatic carbocycles. The van der Waals surface area contributed by atoms with E-state index in [4.69, 9.17) is 14.7 Å². The predicted molar refractivity (Wildman–Crippen MR) is 97.1 cm³/mol. The molecule has 0 bridgehead atoms. The van der Waals surface area contributed by atoms with Gasteiger partial charge in [-0.1, -0.05) is 12.1 Å². The van der Waals surface area contributed by atoms with Gasteiger partial charge in [-0.15, -0.1) is 0 Å². The minimum absolute atomic E-state index is 0.162. The van der Waals surface area contributed by atoms with Crippen LogP contribution in [0.4, 0.5) is 0 Å². The second kappa shape index (κ2) is 8.55. The number of nitriles is 1. The summed E-state index contributed by atoms with van der Waals surface area (Å²) in [5, 5.41) is 42.8. The Morgan fingerprint density at radius 1 is 1.14 bits per heavy atom. The van der Waals surface area contributed by atoms with Crippen LogP contribution in [-0.2, 0) is 19.1 Å². The summed E-state index contributed by atoms with van der Waals surface area (Å²) in [6.07, 6.45) is -0.907. The Hall–Kier alpha value is -3.03. The summed E-state index contributed by atoms with van der Waals surface area (Å²) in [5.74, 6) is -3.42. The highest BCUT2D eigenvalue weighted by atomic mass is 16.6. The molecule has 29 heavy (non-hydrogen) atoms. The third kappa shape index (κ3) is 4.06. The number of esters is 2. The van der Waals surface area contributed by atoms with Crippen molar-refractivity contribution < 1.29 is 34.2 Å². The van der Waals surface area contributed by atoms with Crippen molar-refractivity contribution in [2.45, 2.75) is 49.9 Å². The van der Waals surface area contributed by atoms with Crippen molar-refractivity contribution in [2.75, 3.05) is 13.2 Å². The molecule has 10 heteroatoms. The highest BCUT2D eigenvalue weighted by molar-refractivity contribution is 5.86. The van der Waals surface area contributed by atoms with Crippen molar-refractivity contribution in [2.24, 2.45) is 0 Å². The van der Waals surface area contributed by atoms with Gasteiger partial charge in [0.1, 0.15) is 0 Å². The van der Waals surface area contributed by atoms with Crippen LogP contribution in [0.5, 0.6) is 0 Å². The van der Waals surface area contributed by atoms with Crippen molar-refractivity contribution in [3.8, 4) is 6.07 Å². The quantitative estimate of drug-likeness (QED) is 0.393. The molecule has 0 radical (unpaired) electrons. The number of carbonyl (C=O) groups excluding carboxylic acids is 2. The third-order valence-electron chi connectivity index (χ3n) is 5.00. The van der Waals surface area contributed by atoms with Crippen LogP contribution in [-0.4, -0.2) is 57.5 Å². The number of nitro groups is 1. The van der Waals surface area contributed by atoms with E-state index in [0.29, 0.717) is 11.1 Å². The van der Waals surface area contributed by atoms with Crippen LogP contribution in [0, 0.1) is 21.4 Å². The Kier molecular flexibility index (Phi) is 6.56. The zero-order valence-corrected chi connectivity index (χ0v) is 16.0. The van der Waals surface area contributed by atoms with Gasteiger partial charge in [-0.25, -0.2) is 9.59 Å². The number of hydrogen-bond acceptors (Lipinski definition) is 9. The first-order chi connectivity index (χ1) is 13.6. The molecule has 2 rings (SSSR count). The van der Waals surface area contributed by atoms with E-state index in [0.717, 1.165) is 0 Å². The Morgan fingerprint density at radius 2 is 1.59 bits per heavy atom. The van der Waals surface area contributed by atoms with Crippen LogP contribution in [0.15, 0.2) is 24.3 Å². The molecule has 2 N–H and O–H groups in total. The van der Waals surface area contributed by atoms with E-state index in [-0.39, 0.29) is 13.2 Å². The van der Waals surface area contributed by atoms with E-state index in [1.54, 1.807) is 0 Å². The molecule has 0 unspecified atom stereocenters. The fraction of sp³-hybridized carbons (Fsp3) is 0.526. The molecule has 156 valence electrons. The number of nitrogens with zero attached hydrogens (tertiary/aromatic N) is 2. The van der Waals surface area contributed by atoms with Crippen LogP contribution in [0.3, 0.4) is 0 Å². The highest BCUT2D eigenvalue weighted by Gasteiger charge is 2.71. The van der Waals surface area contributed by atoms with E-state index in [1.807, 2.05) is 6.07 Å². The molecule has 0 saturated heterocycles. The normalized spacial score (nSPS) is 28.8. The number of aliphatic hydroxyl groups is 2. The minimum Gasteiger partial charge on any atom is -0.464 e. The summed E-state index contributed by atoms with van der Waals surface area (Å²) < 4.78 is 9.64. The largest absolute Gasteiger partial charge is 0.464 e. The van der Waals surface area contributed by atoms with Gasteiger partial charge in [-0.3, -0.25) is 10.1 Å². The van der Waals surface area contributed by atoms with Crippen molar-refractivity contribution in [1.29, 1.82) is 5.26 Å². The third-order valence-corrected chi connectivity index (χ3v) is 5.00. The van der Waals surface area contributed by atoms with Crippen LogP contribution < -0.4 is 0 Å². The molecule has 0 aromatic heterocycles. The molecular formula is C19H22N2O8. The summed E-state index contributed by atoms with van der Waals surface area (Å²) >= 11 is 0. The van der Waals surface area contributed by atoms with Gasteiger partial charge in [0, 0.05) is 17.8 Å². The standard InChI is InChI=1S/C19H22N2O8/c1-3-28-16(22)18(24)9-14(13-7-5-12(11-20)6-8-13)10-19(25,15(18)21(26)27)17(23)29-4-2/h5-8,14-15,24-25H,3-4,9-10H2,1-2H3/t14-,15-,18-,19+. The minimum atomic E-state index is -2.77. The van der Waals surface area contributed by atoms with Gasteiger partial charge in [0.2, 0.25) is 11.2 Å². The molecule has 10 nitrogen and oxygen atoms in total. The summed E-state index contributed by atoms with van der Waals surface area (Å²) in [5.41, 5.74) is -4.69. The first-order valence-corrected chi connectivity index (χ1v) is 9.06. The fourth-order valence-corrected chi connectivity index (χ4v) is 3.76. The topological polar surface area (TPSA) is 160 Å². The Morgan fingerprint density at radius 3 is 1.93 bits per heavy atom. The number of ether oxygens (including phenoxy) is 2. The van der Waals surface area contributed by atoms with Gasteiger partial charge in [-0.2, -0.15) is 5.26 Å². The number of carbonyl (C=O) groups is 2. The number of benzene rings is 1. The lowest BCUT2D eigenvalue weighted by molar-refractivity contribution is -0.566. The predicted octanol–water partition coefficient (Wildman–Crippen LogP) is 0.669. The Bertz CT molecular complexity index is 800. The smallest absolute Gasteiger partial charge is 0.345 e. The lowest BCUT2D eigenvalue weighted by atomic mass is 9.64. The molecule has 1 fully saturated rings. The average molecular weight is 406 g/mol. The van der Waals surface area contributed by atoms with Gasteiger partial charge < -0.3 is 19.7 Å². The molecular weight excluding hydrogens is 384 g/mol. The van der Waals surface area contributed by atoms with Gasteiger partial charge in [0.05, 0.1) is 24.8 Å². The summed E-state index contributed by atoms with van der Waals surface area (Å²) in [4.78, 5) is 35.7. The van der Waals surface area contributed by atoms with Gasteiger partial charge >= 0.3 is 11.9 Å². The summed E-state index contributed by atoms with van der Waals surface area (Å²) in [6, 6.07) is 5.62. The maximum Gasteiger partial charge on any atom is 0.345 e. The van der Waals surface area contributed by atoms with Crippen molar-refractivity contribution in [1.82, 2.24) is 0 Å². The molecule has 1 aromatic rings. The van der Waals surface area contributed by atoms with Crippen molar-refractivity contribution in [3.63, 3.8) is 0 Å². The molecule has 0 aliphatic heterocycles. The summed E-state index contributed by atoms with van der Waals surface area (Å²) in [7, 11) is 0. The lowest BCUT2D eigenvalue weighted by Gasteiger charge is -2.44. The molecule has 4 atom stereocenters. The van der Waals surface area contributed by atoms with Crippen LogP contribution in [0.1, 0.15) is 43.7 Å². The van der Waals surface area contributed by atoms with E-state index in [2.05, 4.69) is 0 Å². The number of rotatable bonds is 6. The second-order valence-electron chi connectivity index (χ2n) is 6.82. The molecule has 0 amide bonds. The molecule has 1 aliphatic carbocycles. The zero-order valence-electron chi connectivity index (χ0n) is 16.0. The molecule has 0 heterocycles. The van der Waals surface area contributed by atoms with Crippen LogP contribution >= 0.6 is 0 Å². The zero-order chi connectivity index (χ0) is 21.8. The number of hydrogen-bond donors (Lipinski definition) is 2. The average Bonchev–Trinajstić information content (AvgIpc) is 2.67. The van der Waals surface area contributed by atoms with E-state index < -0.39 is 52.9 Å². The summed E-state index contributed by atoms with van der Waals surface area (Å²) in [6.45, 7) is 2.59. The second-order valence-corrected chi connectivity index (χ2v) is 6.82. The Balaban J connectivity index is 2.60. The monoisotopic (exact) mass is 406 g/mol. The molecule has 1 aliphatic rings. The molecule has 0 spiro atoms. The van der Waals surface area contributed by atoms with Crippen molar-refractivity contribution in [3.05, 3.63) is 45.5 Å². The van der Waals surface area contributed by atoms with Crippen molar-refractivity contribution >= 4 is 11.9 Å². The van der Waals surface area contributed by atoms with E-state index in [1.165, 1.54) is 38.1 Å². The van der Waals surface area contributed by atoms with Gasteiger partial charge in [0.15, 0.2) is 0 Å². The molecule has 1 saturated carbocycles. The highest BCUT2D eigenvalue weighted by Crippen LogP contribution is 2.46. The van der Waals surface area contributed by atoms with Crippen LogP contribution in [0.2, 0.25) is 0 Å². The van der Waals surface area contributed by atoms with Gasteiger partial charge in [-0.05, 0) is 37.5 Å². The van der Waals surface area contributed by atoms with E-state index >= 15 is 0 Å². The SMILES string of the molecule is CCOC(=O)[C@]1(O)C[C@H](c2ccc(C#N)cc2)C[C@](O)(C(=O)OCC)[C@H]1[N+](=O)[O-]. The van der Waals surface area contributed by atoms with Gasteiger partial charge in [0.25, 0.3) is 6.04 Å². The maximum atomic E-state index is 12.5. The maximum absolute atomic E-state index is 12.5.